The minimum atomic E-state index is -0.669. The normalized spacial score (nSPS) is 28.7. The number of carbonyl (C=O) groups excluding carboxylic acids is 3. The van der Waals surface area contributed by atoms with Gasteiger partial charge in [-0.2, -0.15) is 0 Å². The molecule has 0 aliphatic heterocycles. The molecule has 35 heavy (non-hydrogen) atoms. The van der Waals surface area contributed by atoms with Crippen LogP contribution in [0.4, 0.5) is 10.1 Å². The number of rotatable bonds is 5. The molecule has 0 saturated heterocycles. The number of nitrogens with zero attached hydrogens (tertiary/aromatic N) is 1. The van der Waals surface area contributed by atoms with E-state index in [9.17, 15) is 23.9 Å². The Balaban J connectivity index is 1.35. The molecule has 4 saturated carbocycles. The molecule has 7 nitrogen and oxygen atoms in total. The molecule has 2 atom stereocenters. The van der Waals surface area contributed by atoms with Gasteiger partial charge in [0.2, 0.25) is 0 Å². The first-order valence-electron chi connectivity index (χ1n) is 12.3. The molecule has 0 radical (unpaired) electrons. The van der Waals surface area contributed by atoms with Crippen molar-refractivity contribution in [2.45, 2.75) is 64.5 Å². The second-order valence-corrected chi connectivity index (χ2v) is 10.9. The van der Waals surface area contributed by atoms with E-state index in [1.165, 1.54) is 12.1 Å². The van der Waals surface area contributed by atoms with E-state index in [0.29, 0.717) is 46.8 Å². The van der Waals surface area contributed by atoms with Crippen LogP contribution in [0.25, 0.3) is 0 Å². The van der Waals surface area contributed by atoms with Gasteiger partial charge in [-0.1, -0.05) is 0 Å². The lowest BCUT2D eigenvalue weighted by atomic mass is 9.52. The summed E-state index contributed by atoms with van der Waals surface area (Å²) < 4.78 is 15.2. The highest BCUT2D eigenvalue weighted by molar-refractivity contribution is 6.43. The van der Waals surface area contributed by atoms with Crippen molar-refractivity contribution in [3.8, 4) is 0 Å². The SMILES string of the molecule is Cc1cc(NC(=O)c2c(C)c(C(=O)C(=O)NC3C4CC5CC3CC(O)(C5)C4)n(C)c2C)ccc1F. The summed E-state index contributed by atoms with van der Waals surface area (Å²) >= 11 is 0. The number of aliphatic hydroxyl groups is 1. The predicted molar refractivity (Wildman–Crippen MR) is 129 cm³/mol. The summed E-state index contributed by atoms with van der Waals surface area (Å²) in [6.07, 6.45) is 4.16. The first kappa shape index (κ1) is 23.7. The molecule has 2 amide bonds. The third kappa shape index (κ3) is 3.97. The molecular formula is C27H32FN3O4. The van der Waals surface area contributed by atoms with Crippen molar-refractivity contribution in [3.05, 3.63) is 52.1 Å². The van der Waals surface area contributed by atoms with Gasteiger partial charge in [0.1, 0.15) is 5.82 Å². The summed E-state index contributed by atoms with van der Waals surface area (Å²) in [5.74, 6) is -1.22. The highest BCUT2D eigenvalue weighted by atomic mass is 19.1. The Morgan fingerprint density at radius 2 is 1.74 bits per heavy atom. The van der Waals surface area contributed by atoms with Gasteiger partial charge in [0.05, 0.1) is 16.9 Å². The van der Waals surface area contributed by atoms with Gasteiger partial charge < -0.3 is 20.3 Å². The molecule has 4 aliphatic rings. The first-order chi connectivity index (χ1) is 16.5. The second kappa shape index (κ2) is 8.29. The first-order valence-corrected chi connectivity index (χ1v) is 12.3. The molecule has 4 aliphatic carbocycles. The van der Waals surface area contributed by atoms with E-state index in [1.54, 1.807) is 38.5 Å². The van der Waals surface area contributed by atoms with E-state index >= 15 is 0 Å². The number of ketones is 1. The van der Waals surface area contributed by atoms with Gasteiger partial charge in [-0.25, -0.2) is 4.39 Å². The zero-order valence-corrected chi connectivity index (χ0v) is 20.6. The molecule has 1 aromatic heterocycles. The van der Waals surface area contributed by atoms with Gasteiger partial charge in [0.15, 0.2) is 0 Å². The van der Waals surface area contributed by atoms with Gasteiger partial charge in [-0.15, -0.1) is 0 Å². The molecule has 0 spiro atoms. The average Bonchev–Trinajstić information content (AvgIpc) is 2.99. The summed E-state index contributed by atoms with van der Waals surface area (Å²) in [5, 5.41) is 16.6. The highest BCUT2D eigenvalue weighted by Gasteiger charge is 2.55. The molecule has 186 valence electrons. The maximum atomic E-state index is 13.6. The van der Waals surface area contributed by atoms with Crippen LogP contribution in [-0.2, 0) is 11.8 Å². The minimum absolute atomic E-state index is 0.102. The third-order valence-electron chi connectivity index (χ3n) is 8.53. The third-order valence-corrected chi connectivity index (χ3v) is 8.53. The van der Waals surface area contributed by atoms with Crippen molar-refractivity contribution in [3.63, 3.8) is 0 Å². The van der Waals surface area contributed by atoms with E-state index in [0.717, 1.165) is 19.3 Å². The van der Waals surface area contributed by atoms with E-state index < -0.39 is 23.2 Å². The lowest BCUT2D eigenvalue weighted by Gasteiger charge is -2.58. The van der Waals surface area contributed by atoms with Crippen LogP contribution in [0.2, 0.25) is 0 Å². The lowest BCUT2D eigenvalue weighted by molar-refractivity contribution is -0.144. The maximum absolute atomic E-state index is 13.6. The van der Waals surface area contributed by atoms with Crippen molar-refractivity contribution < 1.29 is 23.9 Å². The van der Waals surface area contributed by atoms with E-state index in [1.807, 2.05) is 0 Å². The molecule has 6 rings (SSSR count). The molecule has 1 heterocycles. The van der Waals surface area contributed by atoms with Crippen LogP contribution in [0.3, 0.4) is 0 Å². The highest BCUT2D eigenvalue weighted by Crippen LogP contribution is 2.55. The summed E-state index contributed by atoms with van der Waals surface area (Å²) in [6.45, 7) is 5.00. The number of carbonyl (C=O) groups is 3. The topological polar surface area (TPSA) is 100 Å². The number of nitrogens with one attached hydrogen (secondary N) is 2. The van der Waals surface area contributed by atoms with E-state index in [4.69, 9.17) is 0 Å². The van der Waals surface area contributed by atoms with Gasteiger partial charge in [-0.3, -0.25) is 14.4 Å². The van der Waals surface area contributed by atoms with Crippen LogP contribution in [0, 0.1) is 44.3 Å². The van der Waals surface area contributed by atoms with Crippen molar-refractivity contribution >= 4 is 23.3 Å². The predicted octanol–water partition coefficient (Wildman–Crippen LogP) is 3.58. The van der Waals surface area contributed by atoms with Crippen LogP contribution in [-0.4, -0.2) is 38.9 Å². The van der Waals surface area contributed by atoms with Crippen LogP contribution in [0.5, 0.6) is 0 Å². The van der Waals surface area contributed by atoms with E-state index in [-0.39, 0.29) is 29.4 Å². The van der Waals surface area contributed by atoms with Gasteiger partial charge in [0.25, 0.3) is 17.6 Å². The van der Waals surface area contributed by atoms with Gasteiger partial charge >= 0.3 is 0 Å². The fraction of sp³-hybridized carbons (Fsp3) is 0.519. The fourth-order valence-electron chi connectivity index (χ4n) is 7.09. The molecule has 1 aromatic carbocycles. The number of halogens is 1. The van der Waals surface area contributed by atoms with E-state index in [2.05, 4.69) is 10.6 Å². The summed E-state index contributed by atoms with van der Waals surface area (Å²) in [5.41, 5.74) is 1.75. The zero-order chi connectivity index (χ0) is 25.2. The zero-order valence-electron chi connectivity index (χ0n) is 20.6. The Morgan fingerprint density at radius 3 is 2.34 bits per heavy atom. The molecule has 4 bridgehead atoms. The number of aromatic nitrogens is 1. The quantitative estimate of drug-likeness (QED) is 0.449. The minimum Gasteiger partial charge on any atom is -0.390 e. The number of benzene rings is 1. The molecule has 3 N–H and O–H groups in total. The van der Waals surface area contributed by atoms with Crippen LogP contribution in [0.1, 0.15) is 69.8 Å². The van der Waals surface area contributed by atoms with Crippen LogP contribution in [0.15, 0.2) is 18.2 Å². The standard InChI is InChI=1S/C27H32FN3O4/c1-13-7-19(5-6-20(13)28)29-25(33)21-14(2)23(31(4)15(21)3)24(32)26(34)30-22-17-8-16-9-18(22)12-27(35,10-16)11-17/h5-7,16-18,22,35H,8-12H2,1-4H3,(H,29,33)(H,30,34). The number of amides is 2. The number of Topliss-reactive ketones (excluding diaryl/α,β-unsaturated/α-hetero) is 1. The van der Waals surface area contributed by atoms with Crippen molar-refractivity contribution in [2.24, 2.45) is 24.8 Å². The summed E-state index contributed by atoms with van der Waals surface area (Å²) in [4.78, 5) is 39.5. The Hall–Kier alpha value is -3.00. The number of hydrogen-bond acceptors (Lipinski definition) is 4. The molecule has 8 heteroatoms. The number of hydrogen-bond donors (Lipinski definition) is 3. The van der Waals surface area contributed by atoms with Crippen LogP contribution < -0.4 is 10.6 Å². The van der Waals surface area contributed by atoms with Gasteiger partial charge in [0, 0.05) is 24.5 Å². The van der Waals surface area contributed by atoms with Gasteiger partial charge in [-0.05, 0) is 100.0 Å². The van der Waals surface area contributed by atoms with Crippen LogP contribution >= 0.6 is 0 Å². The van der Waals surface area contributed by atoms with Crippen molar-refractivity contribution in [1.82, 2.24) is 9.88 Å². The summed E-state index contributed by atoms with van der Waals surface area (Å²) in [7, 11) is 1.67. The largest absolute Gasteiger partial charge is 0.390 e. The van der Waals surface area contributed by atoms with Crippen molar-refractivity contribution in [1.29, 1.82) is 0 Å². The maximum Gasteiger partial charge on any atom is 0.294 e. The fourth-order valence-corrected chi connectivity index (χ4v) is 7.09. The molecular weight excluding hydrogens is 449 g/mol. The Morgan fingerprint density at radius 1 is 1.09 bits per heavy atom. The lowest BCUT2D eigenvalue weighted by Crippen LogP contribution is -2.62. The molecule has 2 aromatic rings. The Labute approximate surface area is 204 Å². The Bertz CT molecular complexity index is 1230. The van der Waals surface area contributed by atoms with Crippen molar-refractivity contribution in [2.75, 3.05) is 5.32 Å². The second-order valence-electron chi connectivity index (χ2n) is 10.9. The smallest absolute Gasteiger partial charge is 0.294 e. The molecule has 4 fully saturated rings. The molecule has 2 unspecified atom stereocenters. The Kier molecular flexibility index (Phi) is 5.62. The number of aryl methyl sites for hydroxylation is 1. The monoisotopic (exact) mass is 481 g/mol. The average molecular weight is 482 g/mol. The number of anilines is 1. The summed E-state index contributed by atoms with van der Waals surface area (Å²) in [6, 6.07) is 4.21.